The van der Waals surface area contributed by atoms with Crippen LogP contribution in [0.4, 0.5) is 0 Å². The molecular weight excluding hydrogens is 238 g/mol. The monoisotopic (exact) mass is 257 g/mol. The summed E-state index contributed by atoms with van der Waals surface area (Å²) in [6.07, 6.45) is 1.83. The van der Waals surface area contributed by atoms with Crippen molar-refractivity contribution in [1.82, 2.24) is 4.98 Å². The lowest BCUT2D eigenvalue weighted by atomic mass is 10.2. The second-order valence-electron chi connectivity index (χ2n) is 4.73. The highest BCUT2D eigenvalue weighted by Crippen LogP contribution is 2.21. The van der Waals surface area contributed by atoms with Crippen LogP contribution in [0.2, 0.25) is 0 Å². The lowest BCUT2D eigenvalue weighted by Crippen LogP contribution is -2.08. The molecule has 1 aromatic carbocycles. The number of aromatic nitrogens is 1. The molecule has 0 saturated carbocycles. The molecule has 1 aromatic heterocycles. The van der Waals surface area contributed by atoms with E-state index in [1.165, 1.54) is 0 Å². The summed E-state index contributed by atoms with van der Waals surface area (Å²) in [4.78, 5) is 4.28. The molecule has 0 atom stereocenters. The molecule has 0 aliphatic rings. The van der Waals surface area contributed by atoms with Crippen LogP contribution in [-0.4, -0.2) is 11.1 Å². The fourth-order valence-electron chi connectivity index (χ4n) is 1.70. The lowest BCUT2D eigenvalue weighted by molar-refractivity contribution is 0.229. The van der Waals surface area contributed by atoms with Crippen molar-refractivity contribution in [1.29, 1.82) is 0 Å². The van der Waals surface area contributed by atoms with Crippen molar-refractivity contribution >= 4 is 0 Å². The first-order valence-electron chi connectivity index (χ1n) is 6.45. The standard InChI is InChI=1S/C16H19NO2/c1-12(2)19-16-13(3)9-15(10-17-16)18-11-14-7-5-4-6-8-14/h4-10,12H,11H2,1-3H3. The highest BCUT2D eigenvalue weighted by atomic mass is 16.5. The molecule has 0 aliphatic heterocycles. The third-order valence-corrected chi connectivity index (χ3v) is 2.60. The van der Waals surface area contributed by atoms with Crippen molar-refractivity contribution in [2.75, 3.05) is 0 Å². The smallest absolute Gasteiger partial charge is 0.216 e. The molecule has 100 valence electrons. The predicted octanol–water partition coefficient (Wildman–Crippen LogP) is 3.76. The Labute approximate surface area is 114 Å². The number of benzene rings is 1. The van der Waals surface area contributed by atoms with E-state index < -0.39 is 0 Å². The number of pyridine rings is 1. The molecule has 3 nitrogen and oxygen atoms in total. The van der Waals surface area contributed by atoms with Gasteiger partial charge in [0.15, 0.2) is 0 Å². The summed E-state index contributed by atoms with van der Waals surface area (Å²) in [6.45, 7) is 6.49. The SMILES string of the molecule is Cc1cc(OCc2ccccc2)cnc1OC(C)C. The first-order valence-corrected chi connectivity index (χ1v) is 6.45. The molecule has 0 saturated heterocycles. The number of hydrogen-bond donors (Lipinski definition) is 0. The Kier molecular flexibility index (Phi) is 4.39. The average molecular weight is 257 g/mol. The maximum absolute atomic E-state index is 5.71. The van der Waals surface area contributed by atoms with Crippen LogP contribution in [0.25, 0.3) is 0 Å². The van der Waals surface area contributed by atoms with Crippen molar-refractivity contribution in [3.8, 4) is 11.6 Å². The van der Waals surface area contributed by atoms with Crippen molar-refractivity contribution in [3.05, 3.63) is 53.7 Å². The van der Waals surface area contributed by atoms with Crippen LogP contribution >= 0.6 is 0 Å². The van der Waals surface area contributed by atoms with Gasteiger partial charge in [-0.1, -0.05) is 30.3 Å². The van der Waals surface area contributed by atoms with Gasteiger partial charge in [0.25, 0.3) is 0 Å². The second-order valence-corrected chi connectivity index (χ2v) is 4.73. The second kappa shape index (κ2) is 6.23. The Hall–Kier alpha value is -2.03. The Morgan fingerprint density at radius 1 is 1.16 bits per heavy atom. The average Bonchev–Trinajstić information content (AvgIpc) is 2.40. The number of aryl methyl sites for hydroxylation is 1. The Balaban J connectivity index is 2.00. The normalized spacial score (nSPS) is 10.5. The van der Waals surface area contributed by atoms with Gasteiger partial charge in [-0.15, -0.1) is 0 Å². The van der Waals surface area contributed by atoms with Crippen LogP contribution in [0, 0.1) is 6.92 Å². The molecule has 0 fully saturated rings. The molecule has 0 aliphatic carbocycles. The third kappa shape index (κ3) is 3.98. The zero-order valence-electron chi connectivity index (χ0n) is 11.6. The lowest BCUT2D eigenvalue weighted by Gasteiger charge is -2.12. The molecule has 2 aromatic rings. The first-order chi connectivity index (χ1) is 9.15. The van der Waals surface area contributed by atoms with Crippen LogP contribution in [0.1, 0.15) is 25.0 Å². The van der Waals surface area contributed by atoms with Gasteiger partial charge in [-0.25, -0.2) is 4.98 Å². The van der Waals surface area contributed by atoms with Gasteiger partial charge in [-0.2, -0.15) is 0 Å². The molecule has 2 rings (SSSR count). The quantitative estimate of drug-likeness (QED) is 0.817. The van der Waals surface area contributed by atoms with Crippen LogP contribution in [-0.2, 0) is 6.61 Å². The summed E-state index contributed by atoms with van der Waals surface area (Å²) in [6, 6.07) is 12.0. The van der Waals surface area contributed by atoms with E-state index in [4.69, 9.17) is 9.47 Å². The van der Waals surface area contributed by atoms with E-state index in [0.29, 0.717) is 12.5 Å². The van der Waals surface area contributed by atoms with Gasteiger partial charge in [0.1, 0.15) is 12.4 Å². The Bertz CT molecular complexity index is 524. The molecule has 0 amide bonds. The largest absolute Gasteiger partial charge is 0.487 e. The molecule has 0 N–H and O–H groups in total. The van der Waals surface area contributed by atoms with Gasteiger partial charge in [0, 0.05) is 5.56 Å². The van der Waals surface area contributed by atoms with E-state index in [0.717, 1.165) is 16.9 Å². The van der Waals surface area contributed by atoms with Crippen LogP contribution in [0.5, 0.6) is 11.6 Å². The van der Waals surface area contributed by atoms with Gasteiger partial charge in [0.05, 0.1) is 12.3 Å². The van der Waals surface area contributed by atoms with E-state index in [1.807, 2.05) is 57.2 Å². The Morgan fingerprint density at radius 3 is 2.53 bits per heavy atom. The summed E-state index contributed by atoms with van der Waals surface area (Å²) in [5, 5.41) is 0. The number of hydrogen-bond acceptors (Lipinski definition) is 3. The minimum absolute atomic E-state index is 0.127. The Morgan fingerprint density at radius 2 is 1.89 bits per heavy atom. The van der Waals surface area contributed by atoms with Gasteiger partial charge in [-0.3, -0.25) is 0 Å². The summed E-state index contributed by atoms with van der Waals surface area (Å²) in [5.74, 6) is 1.43. The first kappa shape index (κ1) is 13.4. The number of rotatable bonds is 5. The summed E-state index contributed by atoms with van der Waals surface area (Å²) in [7, 11) is 0. The zero-order valence-corrected chi connectivity index (χ0v) is 11.6. The van der Waals surface area contributed by atoms with Crippen molar-refractivity contribution in [2.24, 2.45) is 0 Å². The van der Waals surface area contributed by atoms with E-state index in [1.54, 1.807) is 6.20 Å². The molecule has 0 unspecified atom stereocenters. The molecule has 1 heterocycles. The predicted molar refractivity (Wildman–Crippen MR) is 75.5 cm³/mol. The van der Waals surface area contributed by atoms with Gasteiger partial charge in [0.2, 0.25) is 5.88 Å². The third-order valence-electron chi connectivity index (χ3n) is 2.60. The van der Waals surface area contributed by atoms with Gasteiger partial charge < -0.3 is 9.47 Å². The number of ether oxygens (including phenoxy) is 2. The zero-order chi connectivity index (χ0) is 13.7. The van der Waals surface area contributed by atoms with E-state index in [2.05, 4.69) is 4.98 Å². The minimum Gasteiger partial charge on any atom is -0.487 e. The maximum Gasteiger partial charge on any atom is 0.216 e. The van der Waals surface area contributed by atoms with Gasteiger partial charge >= 0.3 is 0 Å². The van der Waals surface area contributed by atoms with Crippen molar-refractivity contribution in [3.63, 3.8) is 0 Å². The van der Waals surface area contributed by atoms with E-state index in [9.17, 15) is 0 Å². The molecule has 3 heteroatoms. The fourth-order valence-corrected chi connectivity index (χ4v) is 1.70. The van der Waals surface area contributed by atoms with E-state index in [-0.39, 0.29) is 6.10 Å². The van der Waals surface area contributed by atoms with Crippen molar-refractivity contribution < 1.29 is 9.47 Å². The molecule has 0 spiro atoms. The van der Waals surface area contributed by atoms with Gasteiger partial charge in [-0.05, 0) is 32.4 Å². The van der Waals surface area contributed by atoms with E-state index >= 15 is 0 Å². The van der Waals surface area contributed by atoms with Crippen molar-refractivity contribution in [2.45, 2.75) is 33.5 Å². The summed E-state index contributed by atoms with van der Waals surface area (Å²) in [5.41, 5.74) is 2.13. The van der Waals surface area contributed by atoms with Crippen LogP contribution in [0.15, 0.2) is 42.6 Å². The van der Waals surface area contributed by atoms with Crippen LogP contribution in [0.3, 0.4) is 0 Å². The molecular formula is C16H19NO2. The molecule has 19 heavy (non-hydrogen) atoms. The summed E-state index contributed by atoms with van der Waals surface area (Å²) >= 11 is 0. The fraction of sp³-hybridized carbons (Fsp3) is 0.312. The highest BCUT2D eigenvalue weighted by molar-refractivity contribution is 5.32. The molecule has 0 radical (unpaired) electrons. The van der Waals surface area contributed by atoms with Crippen LogP contribution < -0.4 is 9.47 Å². The summed E-state index contributed by atoms with van der Waals surface area (Å²) < 4.78 is 11.3. The highest BCUT2D eigenvalue weighted by Gasteiger charge is 2.05. The minimum atomic E-state index is 0.127. The topological polar surface area (TPSA) is 31.4 Å². The maximum atomic E-state index is 5.71. The number of nitrogens with zero attached hydrogens (tertiary/aromatic N) is 1. The molecule has 0 bridgehead atoms.